The lowest BCUT2D eigenvalue weighted by atomic mass is 10.1. The monoisotopic (exact) mass is 360 g/mol. The summed E-state index contributed by atoms with van der Waals surface area (Å²) in [5.74, 6) is 0.589. The van der Waals surface area contributed by atoms with Crippen molar-refractivity contribution in [1.82, 2.24) is 14.6 Å². The molecule has 0 aliphatic rings. The molecule has 0 saturated carbocycles. The molecular formula is C22H21FN4. The summed E-state index contributed by atoms with van der Waals surface area (Å²) in [6.45, 7) is 8.10. The number of halogens is 1. The minimum atomic E-state index is -0.255. The minimum absolute atomic E-state index is 0.255. The van der Waals surface area contributed by atoms with E-state index in [-0.39, 0.29) is 5.82 Å². The van der Waals surface area contributed by atoms with Crippen molar-refractivity contribution in [1.29, 1.82) is 0 Å². The number of nitrogens with one attached hydrogen (secondary N) is 1. The number of anilines is 2. The summed E-state index contributed by atoms with van der Waals surface area (Å²) in [5, 5.41) is 8.14. The van der Waals surface area contributed by atoms with E-state index in [1.165, 1.54) is 23.3 Å². The summed E-state index contributed by atoms with van der Waals surface area (Å²) in [6, 6.07) is 14.7. The van der Waals surface area contributed by atoms with E-state index >= 15 is 0 Å². The second kappa shape index (κ2) is 6.50. The number of hydrogen-bond acceptors (Lipinski definition) is 3. The van der Waals surface area contributed by atoms with Crippen LogP contribution in [0.4, 0.5) is 15.9 Å². The molecule has 0 amide bonds. The Hall–Kier alpha value is -3.21. The highest BCUT2D eigenvalue weighted by molar-refractivity contribution is 5.81. The van der Waals surface area contributed by atoms with Crippen LogP contribution in [0.3, 0.4) is 0 Å². The Balaban J connectivity index is 1.86. The summed E-state index contributed by atoms with van der Waals surface area (Å²) < 4.78 is 15.1. The van der Waals surface area contributed by atoms with Crippen LogP contribution in [-0.2, 0) is 0 Å². The van der Waals surface area contributed by atoms with Crippen LogP contribution in [0.25, 0.3) is 16.8 Å². The molecule has 0 bridgehead atoms. The lowest BCUT2D eigenvalue weighted by Gasteiger charge is -2.11. The Morgan fingerprint density at radius 1 is 0.889 bits per heavy atom. The number of fused-ring (bicyclic) bond motifs is 1. The van der Waals surface area contributed by atoms with E-state index in [1.807, 2.05) is 24.4 Å². The maximum absolute atomic E-state index is 13.3. The Morgan fingerprint density at radius 3 is 2.33 bits per heavy atom. The second-order valence-electron chi connectivity index (χ2n) is 6.91. The van der Waals surface area contributed by atoms with E-state index in [9.17, 15) is 4.39 Å². The summed E-state index contributed by atoms with van der Waals surface area (Å²) in [7, 11) is 0. The maximum atomic E-state index is 13.3. The van der Waals surface area contributed by atoms with Gasteiger partial charge in [-0.2, -0.15) is 9.61 Å². The zero-order chi connectivity index (χ0) is 19.1. The van der Waals surface area contributed by atoms with Crippen molar-refractivity contribution in [2.45, 2.75) is 27.7 Å². The van der Waals surface area contributed by atoms with Crippen LogP contribution >= 0.6 is 0 Å². The molecule has 4 nitrogen and oxygen atoms in total. The molecule has 1 N–H and O–H groups in total. The van der Waals surface area contributed by atoms with Crippen molar-refractivity contribution in [2.24, 2.45) is 0 Å². The van der Waals surface area contributed by atoms with Gasteiger partial charge in [0, 0.05) is 23.0 Å². The Kier molecular flexibility index (Phi) is 4.15. The number of aromatic nitrogens is 3. The van der Waals surface area contributed by atoms with Crippen molar-refractivity contribution >= 4 is 17.2 Å². The van der Waals surface area contributed by atoms with Gasteiger partial charge >= 0.3 is 0 Å². The molecule has 4 aromatic rings. The molecule has 2 aromatic heterocycles. The van der Waals surface area contributed by atoms with E-state index in [2.05, 4.69) is 42.5 Å². The molecule has 0 fully saturated rings. The first-order chi connectivity index (χ1) is 12.9. The van der Waals surface area contributed by atoms with Crippen LogP contribution in [0.2, 0.25) is 0 Å². The van der Waals surface area contributed by atoms with Crippen molar-refractivity contribution in [3.05, 3.63) is 76.9 Å². The van der Waals surface area contributed by atoms with Crippen molar-refractivity contribution in [3.63, 3.8) is 0 Å². The van der Waals surface area contributed by atoms with Crippen LogP contribution < -0.4 is 5.32 Å². The number of rotatable bonds is 3. The molecule has 27 heavy (non-hydrogen) atoms. The van der Waals surface area contributed by atoms with Gasteiger partial charge in [-0.1, -0.05) is 18.2 Å². The Bertz CT molecular complexity index is 1140. The standard InChI is InChI=1S/C22H21FN4/c1-13-5-10-19(11-14(13)2)25-20-12-15(3)24-22-21(16(4)26-27(20)22)17-6-8-18(23)9-7-17/h5-12,25H,1-4H3. The highest BCUT2D eigenvalue weighted by Crippen LogP contribution is 2.30. The van der Waals surface area contributed by atoms with Gasteiger partial charge in [0.1, 0.15) is 11.6 Å². The highest BCUT2D eigenvalue weighted by Gasteiger charge is 2.16. The van der Waals surface area contributed by atoms with Crippen molar-refractivity contribution in [3.8, 4) is 11.1 Å². The quantitative estimate of drug-likeness (QED) is 0.524. The average Bonchev–Trinajstić information content (AvgIpc) is 2.95. The van der Waals surface area contributed by atoms with E-state index in [1.54, 1.807) is 12.1 Å². The SMILES string of the molecule is Cc1cc(Nc2ccc(C)c(C)c2)n2nc(C)c(-c3ccc(F)cc3)c2n1. The molecule has 0 aliphatic carbocycles. The Labute approximate surface area is 157 Å². The normalized spacial score (nSPS) is 11.1. The summed E-state index contributed by atoms with van der Waals surface area (Å²) >= 11 is 0. The third-order valence-electron chi connectivity index (χ3n) is 4.80. The molecule has 0 aliphatic heterocycles. The van der Waals surface area contributed by atoms with Gasteiger partial charge in [0.05, 0.1) is 5.69 Å². The van der Waals surface area contributed by atoms with Gasteiger partial charge in [-0.05, 0) is 68.7 Å². The Morgan fingerprint density at radius 2 is 1.63 bits per heavy atom. The fraction of sp³-hybridized carbons (Fsp3) is 0.182. The van der Waals surface area contributed by atoms with Gasteiger partial charge in [0.2, 0.25) is 0 Å². The summed E-state index contributed by atoms with van der Waals surface area (Å²) in [5.41, 5.74) is 7.80. The lowest BCUT2D eigenvalue weighted by molar-refractivity contribution is 0.628. The first-order valence-corrected chi connectivity index (χ1v) is 8.89. The molecule has 2 heterocycles. The van der Waals surface area contributed by atoms with Gasteiger partial charge in [-0.25, -0.2) is 9.37 Å². The van der Waals surface area contributed by atoms with Gasteiger partial charge in [-0.15, -0.1) is 0 Å². The zero-order valence-electron chi connectivity index (χ0n) is 15.8. The fourth-order valence-electron chi connectivity index (χ4n) is 3.26. The maximum Gasteiger partial charge on any atom is 0.165 e. The first-order valence-electron chi connectivity index (χ1n) is 8.89. The predicted molar refractivity (Wildman–Crippen MR) is 107 cm³/mol. The molecule has 136 valence electrons. The van der Waals surface area contributed by atoms with Gasteiger partial charge in [0.25, 0.3) is 0 Å². The summed E-state index contributed by atoms with van der Waals surface area (Å²) in [6.07, 6.45) is 0. The van der Waals surface area contributed by atoms with Crippen LogP contribution in [-0.4, -0.2) is 14.6 Å². The third kappa shape index (κ3) is 3.16. The van der Waals surface area contributed by atoms with Gasteiger partial charge in [0.15, 0.2) is 5.65 Å². The molecule has 5 heteroatoms. The molecule has 2 aromatic carbocycles. The predicted octanol–water partition coefficient (Wildman–Crippen LogP) is 5.51. The van der Waals surface area contributed by atoms with E-state index in [0.717, 1.165) is 39.7 Å². The smallest absolute Gasteiger partial charge is 0.165 e. The number of nitrogens with zero attached hydrogens (tertiary/aromatic N) is 3. The van der Waals surface area contributed by atoms with Crippen LogP contribution in [0.15, 0.2) is 48.5 Å². The zero-order valence-corrected chi connectivity index (χ0v) is 15.8. The molecule has 0 spiro atoms. The minimum Gasteiger partial charge on any atom is -0.340 e. The van der Waals surface area contributed by atoms with E-state index in [4.69, 9.17) is 4.98 Å². The fourth-order valence-corrected chi connectivity index (χ4v) is 3.26. The third-order valence-corrected chi connectivity index (χ3v) is 4.80. The number of aryl methyl sites for hydroxylation is 4. The number of hydrogen-bond donors (Lipinski definition) is 1. The molecule has 0 unspecified atom stereocenters. The molecular weight excluding hydrogens is 339 g/mol. The molecule has 4 rings (SSSR count). The largest absolute Gasteiger partial charge is 0.340 e. The van der Waals surface area contributed by atoms with E-state index in [0.29, 0.717) is 0 Å². The van der Waals surface area contributed by atoms with Crippen LogP contribution in [0, 0.1) is 33.5 Å². The van der Waals surface area contributed by atoms with Crippen LogP contribution in [0.5, 0.6) is 0 Å². The summed E-state index contributed by atoms with van der Waals surface area (Å²) in [4.78, 5) is 4.70. The average molecular weight is 360 g/mol. The highest BCUT2D eigenvalue weighted by atomic mass is 19.1. The molecule has 0 radical (unpaired) electrons. The first kappa shape index (κ1) is 17.2. The van der Waals surface area contributed by atoms with Crippen molar-refractivity contribution < 1.29 is 4.39 Å². The van der Waals surface area contributed by atoms with Crippen molar-refractivity contribution in [2.75, 3.05) is 5.32 Å². The van der Waals surface area contributed by atoms with Gasteiger partial charge < -0.3 is 5.32 Å². The topological polar surface area (TPSA) is 42.2 Å². The van der Waals surface area contributed by atoms with E-state index < -0.39 is 0 Å². The van der Waals surface area contributed by atoms with Crippen LogP contribution in [0.1, 0.15) is 22.5 Å². The second-order valence-corrected chi connectivity index (χ2v) is 6.91. The lowest BCUT2D eigenvalue weighted by Crippen LogP contribution is -2.03. The molecule has 0 saturated heterocycles. The number of benzene rings is 2. The van der Waals surface area contributed by atoms with Gasteiger partial charge in [-0.3, -0.25) is 0 Å². The molecule has 0 atom stereocenters.